The molecule has 0 saturated heterocycles. The summed E-state index contributed by atoms with van der Waals surface area (Å²) in [6.07, 6.45) is -4.71. The molecule has 10 heteroatoms. The summed E-state index contributed by atoms with van der Waals surface area (Å²) in [5, 5.41) is 0. The first-order valence-corrected chi connectivity index (χ1v) is 8.45. The fraction of sp³-hybridized carbons (Fsp3) is 0.263. The highest BCUT2D eigenvalue weighted by Gasteiger charge is 2.38. The Labute approximate surface area is 162 Å². The van der Waals surface area contributed by atoms with Crippen molar-refractivity contribution in [2.24, 2.45) is 0 Å². The first kappa shape index (κ1) is 20.6. The van der Waals surface area contributed by atoms with E-state index in [1.807, 2.05) is 0 Å². The molecule has 0 fully saturated rings. The Morgan fingerprint density at radius 3 is 2.41 bits per heavy atom. The van der Waals surface area contributed by atoms with Crippen molar-refractivity contribution < 1.29 is 31.5 Å². The zero-order valence-electron chi connectivity index (χ0n) is 15.2. The Morgan fingerprint density at radius 1 is 1.14 bits per heavy atom. The van der Waals surface area contributed by atoms with E-state index in [0.717, 1.165) is 4.57 Å². The second-order valence-electron chi connectivity index (χ2n) is 6.28. The van der Waals surface area contributed by atoms with Gasteiger partial charge in [-0.05, 0) is 29.8 Å². The van der Waals surface area contributed by atoms with E-state index in [0.29, 0.717) is 5.56 Å². The lowest BCUT2D eigenvalue weighted by molar-refractivity contribution is -0.148. The average Bonchev–Trinajstić information content (AvgIpc) is 3.02. The van der Waals surface area contributed by atoms with Gasteiger partial charge in [0.2, 0.25) is 11.7 Å². The number of amides is 1. The Kier molecular flexibility index (Phi) is 5.71. The number of aromatic nitrogens is 2. The predicted octanol–water partition coefficient (Wildman–Crippen LogP) is 4.32. The van der Waals surface area contributed by atoms with Gasteiger partial charge in [0.25, 0.3) is 0 Å². The molecule has 0 aliphatic heterocycles. The van der Waals surface area contributed by atoms with Crippen LogP contribution in [0.2, 0.25) is 0 Å². The van der Waals surface area contributed by atoms with Gasteiger partial charge < -0.3 is 14.2 Å². The minimum absolute atomic E-state index is 0.0302. The van der Waals surface area contributed by atoms with Crippen LogP contribution in [-0.2, 0) is 24.1 Å². The van der Waals surface area contributed by atoms with E-state index in [1.54, 1.807) is 12.1 Å². The van der Waals surface area contributed by atoms with Crippen molar-refractivity contribution >= 4 is 16.9 Å². The summed E-state index contributed by atoms with van der Waals surface area (Å²) in [6, 6.07) is 11.7. The van der Waals surface area contributed by atoms with Crippen molar-refractivity contribution in [3.8, 4) is 5.75 Å². The van der Waals surface area contributed by atoms with Gasteiger partial charge in [0, 0.05) is 13.6 Å². The van der Waals surface area contributed by atoms with Crippen LogP contribution in [0.4, 0.5) is 22.0 Å². The number of carbonyl (C=O) groups is 1. The standard InChI is InChI=1S/C19H16F5N3O2/c1-26(10-12-6-8-13(9-7-12)29-18(20)21)16(28)11-27-15-5-3-2-4-14(15)25-17(27)19(22,23)24/h2-9,18H,10-11H2,1H3. The van der Waals surface area contributed by atoms with Crippen molar-refractivity contribution in [2.45, 2.75) is 25.9 Å². The maximum atomic E-state index is 13.3. The molecule has 0 aliphatic carbocycles. The highest BCUT2D eigenvalue weighted by molar-refractivity contribution is 5.81. The molecule has 1 amide bonds. The minimum atomic E-state index is -4.71. The molecule has 1 aromatic heterocycles. The largest absolute Gasteiger partial charge is 0.449 e. The number of carbonyl (C=O) groups excluding carboxylic acids is 1. The van der Waals surface area contributed by atoms with E-state index in [-0.39, 0.29) is 23.3 Å². The van der Waals surface area contributed by atoms with Crippen LogP contribution >= 0.6 is 0 Å². The van der Waals surface area contributed by atoms with Crippen molar-refractivity contribution in [2.75, 3.05) is 7.05 Å². The predicted molar refractivity (Wildman–Crippen MR) is 94.3 cm³/mol. The number of alkyl halides is 5. The smallest absolute Gasteiger partial charge is 0.435 e. The molecular weight excluding hydrogens is 397 g/mol. The third kappa shape index (κ3) is 4.82. The van der Waals surface area contributed by atoms with Gasteiger partial charge in [-0.3, -0.25) is 4.79 Å². The SMILES string of the molecule is CN(Cc1ccc(OC(F)F)cc1)C(=O)Cn1c(C(F)(F)F)nc2ccccc21. The van der Waals surface area contributed by atoms with Gasteiger partial charge in [-0.25, -0.2) is 4.98 Å². The molecule has 2 aromatic carbocycles. The Hall–Kier alpha value is -3.17. The quantitative estimate of drug-likeness (QED) is 0.566. The molecule has 0 N–H and O–H groups in total. The summed E-state index contributed by atoms with van der Waals surface area (Å²) >= 11 is 0. The molecular formula is C19H16F5N3O2. The fourth-order valence-corrected chi connectivity index (χ4v) is 2.85. The monoisotopic (exact) mass is 413 g/mol. The molecule has 154 valence electrons. The number of rotatable bonds is 6. The summed E-state index contributed by atoms with van der Waals surface area (Å²) in [5.74, 6) is -1.74. The number of fused-ring (bicyclic) bond motifs is 1. The van der Waals surface area contributed by atoms with Crippen LogP contribution in [0.15, 0.2) is 48.5 Å². The van der Waals surface area contributed by atoms with Gasteiger partial charge in [-0.2, -0.15) is 22.0 Å². The van der Waals surface area contributed by atoms with Gasteiger partial charge in [0.1, 0.15) is 12.3 Å². The number of ether oxygens (including phenoxy) is 1. The van der Waals surface area contributed by atoms with Crippen LogP contribution in [0, 0.1) is 0 Å². The molecule has 0 saturated carbocycles. The molecule has 29 heavy (non-hydrogen) atoms. The number of likely N-dealkylation sites (N-methyl/N-ethyl adjacent to an activating group) is 1. The van der Waals surface area contributed by atoms with Crippen molar-refractivity contribution in [3.05, 3.63) is 59.9 Å². The van der Waals surface area contributed by atoms with Crippen molar-refractivity contribution in [1.82, 2.24) is 14.5 Å². The molecule has 0 bridgehead atoms. The fourth-order valence-electron chi connectivity index (χ4n) is 2.85. The van der Waals surface area contributed by atoms with Gasteiger partial charge in [0.15, 0.2) is 0 Å². The molecule has 3 aromatic rings. The lowest BCUT2D eigenvalue weighted by Crippen LogP contribution is -2.31. The zero-order chi connectivity index (χ0) is 21.2. The summed E-state index contributed by atoms with van der Waals surface area (Å²) in [6.45, 7) is -3.40. The minimum Gasteiger partial charge on any atom is -0.435 e. The summed E-state index contributed by atoms with van der Waals surface area (Å²) in [4.78, 5) is 17.4. The maximum Gasteiger partial charge on any atom is 0.449 e. The van der Waals surface area contributed by atoms with E-state index in [4.69, 9.17) is 0 Å². The van der Waals surface area contributed by atoms with Crippen LogP contribution in [0.3, 0.4) is 0 Å². The third-order valence-electron chi connectivity index (χ3n) is 4.20. The molecule has 3 rings (SSSR count). The molecule has 0 radical (unpaired) electrons. The Morgan fingerprint density at radius 2 is 1.79 bits per heavy atom. The molecule has 0 unspecified atom stereocenters. The lowest BCUT2D eigenvalue weighted by Gasteiger charge is -2.19. The third-order valence-corrected chi connectivity index (χ3v) is 4.20. The summed E-state index contributed by atoms with van der Waals surface area (Å²) in [5.41, 5.74) is 0.953. The van der Waals surface area contributed by atoms with E-state index in [1.165, 1.54) is 48.3 Å². The van der Waals surface area contributed by atoms with Crippen LogP contribution in [0.5, 0.6) is 5.75 Å². The van der Waals surface area contributed by atoms with Crippen LogP contribution < -0.4 is 4.74 Å². The second-order valence-corrected chi connectivity index (χ2v) is 6.28. The molecule has 0 atom stereocenters. The first-order chi connectivity index (χ1) is 13.6. The van der Waals surface area contributed by atoms with Gasteiger partial charge in [0.05, 0.1) is 11.0 Å². The van der Waals surface area contributed by atoms with Crippen LogP contribution in [0.1, 0.15) is 11.4 Å². The maximum absolute atomic E-state index is 13.3. The molecule has 0 spiro atoms. The molecule has 0 aliphatic rings. The lowest BCUT2D eigenvalue weighted by atomic mass is 10.2. The highest BCUT2D eigenvalue weighted by atomic mass is 19.4. The zero-order valence-corrected chi connectivity index (χ0v) is 15.2. The number of hydrogen-bond donors (Lipinski definition) is 0. The normalized spacial score (nSPS) is 11.8. The van der Waals surface area contributed by atoms with Crippen LogP contribution in [-0.4, -0.2) is 34.0 Å². The first-order valence-electron chi connectivity index (χ1n) is 8.45. The second kappa shape index (κ2) is 8.06. The number of benzene rings is 2. The Balaban J connectivity index is 1.76. The summed E-state index contributed by atoms with van der Waals surface area (Å²) < 4.78 is 69.5. The van der Waals surface area contributed by atoms with Gasteiger partial charge >= 0.3 is 12.8 Å². The molecule has 1 heterocycles. The Bertz CT molecular complexity index is 999. The number of halogens is 5. The number of para-hydroxylation sites is 2. The number of nitrogens with zero attached hydrogens (tertiary/aromatic N) is 3. The van der Waals surface area contributed by atoms with E-state index in [9.17, 15) is 26.7 Å². The topological polar surface area (TPSA) is 47.4 Å². The van der Waals surface area contributed by atoms with Crippen molar-refractivity contribution in [1.29, 1.82) is 0 Å². The number of imidazole rings is 1. The van der Waals surface area contributed by atoms with E-state index < -0.39 is 31.1 Å². The number of hydrogen-bond acceptors (Lipinski definition) is 3. The summed E-state index contributed by atoms with van der Waals surface area (Å²) in [7, 11) is 1.44. The van der Waals surface area contributed by atoms with Crippen molar-refractivity contribution in [3.63, 3.8) is 0 Å². The van der Waals surface area contributed by atoms with E-state index >= 15 is 0 Å². The van der Waals surface area contributed by atoms with Gasteiger partial charge in [-0.15, -0.1) is 0 Å². The average molecular weight is 413 g/mol. The highest BCUT2D eigenvalue weighted by Crippen LogP contribution is 2.31. The van der Waals surface area contributed by atoms with E-state index in [2.05, 4.69) is 9.72 Å². The van der Waals surface area contributed by atoms with Gasteiger partial charge in [-0.1, -0.05) is 24.3 Å². The van der Waals surface area contributed by atoms with Crippen LogP contribution in [0.25, 0.3) is 11.0 Å². The molecule has 5 nitrogen and oxygen atoms in total.